The van der Waals surface area contributed by atoms with Gasteiger partial charge in [-0.3, -0.25) is 4.79 Å². The minimum absolute atomic E-state index is 0.0218. The molecule has 0 bridgehead atoms. The molecule has 1 aromatic carbocycles. The van der Waals surface area contributed by atoms with Crippen LogP contribution in [-0.4, -0.2) is 12.6 Å². The molecule has 0 aliphatic heterocycles. The molecule has 0 unspecified atom stereocenters. The normalized spacial score (nSPS) is 14.4. The molecule has 2 nitrogen and oxygen atoms in total. The number of hydrogen-bond acceptors (Lipinski definition) is 2. The van der Waals surface area contributed by atoms with E-state index in [9.17, 15) is 18.0 Å². The van der Waals surface area contributed by atoms with E-state index in [2.05, 4.69) is 0 Å². The summed E-state index contributed by atoms with van der Waals surface area (Å²) in [6, 6.07) is 3.69. The average molecular weight is 284 g/mol. The van der Waals surface area contributed by atoms with Gasteiger partial charge in [-0.1, -0.05) is 11.6 Å². The fourth-order valence-corrected chi connectivity index (χ4v) is 2.41. The zero-order valence-corrected chi connectivity index (χ0v) is 11.3. The Bertz CT molecular complexity index is 571. The van der Waals surface area contributed by atoms with Crippen LogP contribution in [0, 0.1) is 0 Å². The summed E-state index contributed by atoms with van der Waals surface area (Å²) in [7, 11) is 0. The molecular formula is C15H15F3O2. The highest BCUT2D eigenvalue weighted by Crippen LogP contribution is 2.39. The second-order valence-electron chi connectivity index (χ2n) is 4.79. The first-order valence-corrected chi connectivity index (χ1v) is 6.37. The fourth-order valence-electron chi connectivity index (χ4n) is 2.41. The topological polar surface area (TPSA) is 26.3 Å². The smallest absolute Gasteiger partial charge is 0.416 e. The van der Waals surface area contributed by atoms with Gasteiger partial charge >= 0.3 is 12.1 Å². The Morgan fingerprint density at radius 3 is 2.65 bits per heavy atom. The number of halogens is 3. The van der Waals surface area contributed by atoms with Crippen LogP contribution in [0.2, 0.25) is 0 Å². The summed E-state index contributed by atoms with van der Waals surface area (Å²) >= 11 is 0. The van der Waals surface area contributed by atoms with E-state index in [0.29, 0.717) is 17.6 Å². The predicted molar refractivity (Wildman–Crippen MR) is 69.0 cm³/mol. The van der Waals surface area contributed by atoms with Gasteiger partial charge in [0, 0.05) is 0 Å². The number of hydrogen-bond donors (Lipinski definition) is 0. The summed E-state index contributed by atoms with van der Waals surface area (Å²) in [5, 5.41) is 0. The van der Waals surface area contributed by atoms with Crippen LogP contribution in [0.4, 0.5) is 13.2 Å². The van der Waals surface area contributed by atoms with Crippen molar-refractivity contribution in [2.24, 2.45) is 0 Å². The summed E-state index contributed by atoms with van der Waals surface area (Å²) in [5.41, 5.74) is 2.24. The molecule has 1 aliphatic carbocycles. The summed E-state index contributed by atoms with van der Waals surface area (Å²) in [5.74, 6) is -0.410. The number of ether oxygens (including phenoxy) is 1. The van der Waals surface area contributed by atoms with E-state index in [-0.39, 0.29) is 13.0 Å². The fraction of sp³-hybridized carbons (Fsp3) is 0.400. The maximum absolute atomic E-state index is 12.8. The second kappa shape index (κ2) is 5.31. The average Bonchev–Trinajstić information content (AvgIpc) is 2.64. The highest BCUT2D eigenvalue weighted by atomic mass is 19.4. The molecule has 108 valence electrons. The molecule has 0 fully saturated rings. The van der Waals surface area contributed by atoms with Crippen molar-refractivity contribution in [3.05, 3.63) is 40.5 Å². The Labute approximate surface area is 115 Å². The Hall–Kier alpha value is -1.78. The summed E-state index contributed by atoms with van der Waals surface area (Å²) < 4.78 is 43.1. The quantitative estimate of drug-likeness (QED) is 0.784. The Morgan fingerprint density at radius 2 is 2.05 bits per heavy atom. The number of allylic oxidation sites excluding steroid dienone is 1. The molecular weight excluding hydrogens is 269 g/mol. The third kappa shape index (κ3) is 2.86. The molecule has 0 saturated carbocycles. The van der Waals surface area contributed by atoms with Gasteiger partial charge in [-0.25, -0.2) is 0 Å². The largest absolute Gasteiger partial charge is 0.466 e. The SMILES string of the molecule is CCOC(=O)CC1=C(C)Cc2ccc(C(F)(F)F)cc21. The van der Waals surface area contributed by atoms with Crippen molar-refractivity contribution in [1.29, 1.82) is 0 Å². The first kappa shape index (κ1) is 14.6. The first-order valence-electron chi connectivity index (χ1n) is 6.37. The van der Waals surface area contributed by atoms with Crippen molar-refractivity contribution in [3.8, 4) is 0 Å². The van der Waals surface area contributed by atoms with Gasteiger partial charge in [0.25, 0.3) is 0 Å². The van der Waals surface area contributed by atoms with Crippen LogP contribution in [0.5, 0.6) is 0 Å². The minimum Gasteiger partial charge on any atom is -0.466 e. The molecule has 0 radical (unpaired) electrons. The monoisotopic (exact) mass is 284 g/mol. The molecule has 0 N–H and O–H groups in total. The van der Waals surface area contributed by atoms with E-state index in [1.54, 1.807) is 6.92 Å². The van der Waals surface area contributed by atoms with Crippen LogP contribution in [0.1, 0.15) is 37.0 Å². The van der Waals surface area contributed by atoms with Crippen LogP contribution in [0.3, 0.4) is 0 Å². The molecule has 1 aromatic rings. The first-order chi connectivity index (χ1) is 9.32. The minimum atomic E-state index is -4.37. The lowest BCUT2D eigenvalue weighted by molar-refractivity contribution is -0.141. The van der Waals surface area contributed by atoms with Crippen molar-refractivity contribution in [3.63, 3.8) is 0 Å². The molecule has 0 atom stereocenters. The van der Waals surface area contributed by atoms with Crippen LogP contribution < -0.4 is 0 Å². The lowest BCUT2D eigenvalue weighted by Crippen LogP contribution is -2.07. The lowest BCUT2D eigenvalue weighted by atomic mass is 10.00. The van der Waals surface area contributed by atoms with Crippen LogP contribution in [-0.2, 0) is 22.1 Å². The molecule has 0 spiro atoms. The Morgan fingerprint density at radius 1 is 1.35 bits per heavy atom. The zero-order valence-electron chi connectivity index (χ0n) is 11.3. The predicted octanol–water partition coefficient (Wildman–Crippen LogP) is 3.99. The van der Waals surface area contributed by atoms with Crippen LogP contribution >= 0.6 is 0 Å². The summed E-state index contributed by atoms with van der Waals surface area (Å²) in [6.07, 6.45) is -3.77. The highest BCUT2D eigenvalue weighted by molar-refractivity contribution is 5.89. The maximum atomic E-state index is 12.8. The van der Waals surface area contributed by atoms with Crippen molar-refractivity contribution in [2.75, 3.05) is 6.61 Å². The van der Waals surface area contributed by atoms with E-state index in [4.69, 9.17) is 4.74 Å². The number of rotatable bonds is 3. The number of esters is 1. The highest BCUT2D eigenvalue weighted by Gasteiger charge is 2.32. The molecule has 20 heavy (non-hydrogen) atoms. The lowest BCUT2D eigenvalue weighted by Gasteiger charge is -2.11. The van der Waals surface area contributed by atoms with E-state index >= 15 is 0 Å². The Kier molecular flexibility index (Phi) is 3.88. The van der Waals surface area contributed by atoms with Crippen molar-refractivity contribution in [1.82, 2.24) is 0 Å². The number of fused-ring (bicyclic) bond motifs is 1. The van der Waals surface area contributed by atoms with Crippen molar-refractivity contribution >= 4 is 11.5 Å². The van der Waals surface area contributed by atoms with Crippen LogP contribution in [0.15, 0.2) is 23.8 Å². The van der Waals surface area contributed by atoms with Gasteiger partial charge in [0.05, 0.1) is 18.6 Å². The van der Waals surface area contributed by atoms with Gasteiger partial charge in [-0.2, -0.15) is 13.2 Å². The third-order valence-electron chi connectivity index (χ3n) is 3.36. The molecule has 0 amide bonds. The molecule has 1 aliphatic rings. The number of carbonyl (C=O) groups excluding carboxylic acids is 1. The third-order valence-corrected chi connectivity index (χ3v) is 3.36. The van der Waals surface area contributed by atoms with Gasteiger partial charge in [-0.15, -0.1) is 0 Å². The van der Waals surface area contributed by atoms with Crippen molar-refractivity contribution < 1.29 is 22.7 Å². The van der Waals surface area contributed by atoms with Gasteiger partial charge in [0.1, 0.15) is 0 Å². The molecule has 0 aromatic heterocycles. The number of alkyl halides is 3. The van der Waals surface area contributed by atoms with E-state index < -0.39 is 17.7 Å². The number of benzene rings is 1. The summed E-state index contributed by atoms with van der Waals surface area (Å²) in [4.78, 5) is 11.6. The van der Waals surface area contributed by atoms with Crippen molar-refractivity contribution in [2.45, 2.75) is 32.9 Å². The van der Waals surface area contributed by atoms with Crippen LogP contribution in [0.25, 0.3) is 5.57 Å². The van der Waals surface area contributed by atoms with Gasteiger partial charge in [-0.05, 0) is 49.1 Å². The van der Waals surface area contributed by atoms with E-state index in [0.717, 1.165) is 23.3 Å². The molecule has 5 heteroatoms. The van der Waals surface area contributed by atoms with Gasteiger partial charge < -0.3 is 4.74 Å². The van der Waals surface area contributed by atoms with Gasteiger partial charge in [0.15, 0.2) is 0 Å². The molecule has 0 saturated heterocycles. The van der Waals surface area contributed by atoms with Gasteiger partial charge in [0.2, 0.25) is 0 Å². The molecule has 2 rings (SSSR count). The van der Waals surface area contributed by atoms with E-state index in [1.807, 2.05) is 6.92 Å². The maximum Gasteiger partial charge on any atom is 0.416 e. The van der Waals surface area contributed by atoms with E-state index in [1.165, 1.54) is 6.07 Å². The zero-order chi connectivity index (χ0) is 14.9. The number of carbonyl (C=O) groups is 1. The Balaban J connectivity index is 2.34. The standard InChI is InChI=1S/C15H15F3O2/c1-3-20-14(19)8-12-9(2)6-10-4-5-11(7-13(10)12)15(16,17)18/h4-5,7H,3,6,8H2,1-2H3. The molecule has 0 heterocycles. The summed E-state index contributed by atoms with van der Waals surface area (Å²) in [6.45, 7) is 3.80. The second-order valence-corrected chi connectivity index (χ2v) is 4.79.